The molecule has 0 atom stereocenters. The van der Waals surface area contributed by atoms with Crippen LogP contribution in [0.1, 0.15) is 16.7 Å². The van der Waals surface area contributed by atoms with Gasteiger partial charge in [-0.2, -0.15) is 0 Å². The van der Waals surface area contributed by atoms with Gasteiger partial charge in [-0.1, -0.05) is 59.6 Å². The molecule has 2 N–H and O–H groups in total. The first-order chi connectivity index (χ1) is 16.1. The highest BCUT2D eigenvalue weighted by molar-refractivity contribution is 6.33. The van der Waals surface area contributed by atoms with Gasteiger partial charge >= 0.3 is 0 Å². The highest BCUT2D eigenvalue weighted by Crippen LogP contribution is 2.31. The van der Waals surface area contributed by atoms with Gasteiger partial charge in [0.05, 0.1) is 21.7 Å². The molecule has 33 heavy (non-hydrogen) atoms. The molecule has 162 valence electrons. The van der Waals surface area contributed by atoms with E-state index in [4.69, 9.17) is 23.2 Å². The lowest BCUT2D eigenvalue weighted by molar-refractivity contribution is 0.474. The molecule has 0 aliphatic rings. The van der Waals surface area contributed by atoms with Crippen LogP contribution in [-0.4, -0.2) is 21.3 Å². The molecule has 5 rings (SSSR count). The fourth-order valence-corrected chi connectivity index (χ4v) is 4.09. The monoisotopic (exact) mass is 471 g/mol. The van der Waals surface area contributed by atoms with Crippen molar-refractivity contribution in [2.75, 3.05) is 0 Å². The largest absolute Gasteiger partial charge is 0.507 e. The van der Waals surface area contributed by atoms with E-state index in [2.05, 4.69) is 15.0 Å². The third kappa shape index (κ3) is 4.63. The van der Waals surface area contributed by atoms with Gasteiger partial charge in [0.1, 0.15) is 11.6 Å². The van der Waals surface area contributed by atoms with Crippen molar-refractivity contribution in [3.8, 4) is 17.1 Å². The molecule has 1 heterocycles. The number of aliphatic imine (C=N–C) groups is 1. The maximum atomic E-state index is 10.3. The van der Waals surface area contributed by atoms with Crippen LogP contribution in [0.3, 0.4) is 0 Å². The zero-order valence-corrected chi connectivity index (χ0v) is 19.0. The molecule has 0 amide bonds. The van der Waals surface area contributed by atoms with E-state index in [1.165, 1.54) is 0 Å². The maximum absolute atomic E-state index is 10.3. The van der Waals surface area contributed by atoms with Crippen molar-refractivity contribution >= 4 is 46.1 Å². The normalized spacial score (nSPS) is 11.5. The van der Waals surface area contributed by atoms with E-state index < -0.39 is 0 Å². The number of phenols is 1. The van der Waals surface area contributed by atoms with Crippen molar-refractivity contribution in [3.05, 3.63) is 112 Å². The highest BCUT2D eigenvalue weighted by Gasteiger charge is 2.10. The molecule has 0 saturated heterocycles. The zero-order chi connectivity index (χ0) is 22.8. The predicted molar refractivity (Wildman–Crippen MR) is 136 cm³/mol. The molecule has 6 heteroatoms. The number of phenolic OH excluding ortho intramolecular Hbond substituents is 1. The summed E-state index contributed by atoms with van der Waals surface area (Å²) in [6.45, 7) is 0. The number of fused-ring (bicyclic) bond motifs is 1. The van der Waals surface area contributed by atoms with Crippen LogP contribution in [0.15, 0.2) is 89.9 Å². The molecule has 0 spiro atoms. The number of imidazole rings is 1. The number of rotatable bonds is 5. The van der Waals surface area contributed by atoms with Gasteiger partial charge in [-0.3, -0.25) is 4.99 Å². The van der Waals surface area contributed by atoms with Crippen LogP contribution in [0, 0.1) is 0 Å². The molecule has 0 radical (unpaired) electrons. The summed E-state index contributed by atoms with van der Waals surface area (Å²) in [5.41, 5.74) is 5.96. The molecule has 0 fully saturated rings. The van der Waals surface area contributed by atoms with Crippen LogP contribution >= 0.6 is 23.2 Å². The molecule has 0 saturated carbocycles. The molecular formula is C27H19Cl2N3O. The first-order valence-corrected chi connectivity index (χ1v) is 11.2. The molecule has 5 aromatic rings. The van der Waals surface area contributed by atoms with Crippen LogP contribution in [0.5, 0.6) is 5.75 Å². The molecule has 4 nitrogen and oxygen atoms in total. The lowest BCUT2D eigenvalue weighted by Gasteiger charge is -2.07. The first kappa shape index (κ1) is 21.3. The van der Waals surface area contributed by atoms with E-state index in [0.717, 1.165) is 32.7 Å². The SMILES string of the molecule is Oc1ccc(Cc2ccccc2Cl)cc1C=Nc1ccc(Cl)c(-c2nc3ccccc3[nH]2)c1. The summed E-state index contributed by atoms with van der Waals surface area (Å²) in [5, 5.41) is 11.6. The van der Waals surface area contributed by atoms with Gasteiger partial charge in [0.15, 0.2) is 0 Å². The zero-order valence-electron chi connectivity index (χ0n) is 17.5. The van der Waals surface area contributed by atoms with Crippen LogP contribution in [-0.2, 0) is 6.42 Å². The van der Waals surface area contributed by atoms with E-state index in [0.29, 0.717) is 28.5 Å². The maximum Gasteiger partial charge on any atom is 0.140 e. The van der Waals surface area contributed by atoms with E-state index >= 15 is 0 Å². The number of hydrogen-bond donors (Lipinski definition) is 2. The number of aromatic amines is 1. The van der Waals surface area contributed by atoms with Crippen molar-refractivity contribution in [2.24, 2.45) is 4.99 Å². The van der Waals surface area contributed by atoms with Crippen LogP contribution in [0.25, 0.3) is 22.4 Å². The molecule has 0 bridgehead atoms. The lowest BCUT2D eigenvalue weighted by Crippen LogP contribution is -1.92. The quantitative estimate of drug-likeness (QED) is 0.259. The van der Waals surface area contributed by atoms with E-state index in [-0.39, 0.29) is 5.75 Å². The summed E-state index contributed by atoms with van der Waals surface area (Å²) in [5.74, 6) is 0.843. The number of H-pyrrole nitrogens is 1. The van der Waals surface area contributed by atoms with Crippen molar-refractivity contribution < 1.29 is 5.11 Å². The number of para-hydroxylation sites is 2. The lowest BCUT2D eigenvalue weighted by atomic mass is 10.0. The average Bonchev–Trinajstić information content (AvgIpc) is 3.26. The number of aromatic nitrogens is 2. The van der Waals surface area contributed by atoms with E-state index in [9.17, 15) is 5.11 Å². The molecular weight excluding hydrogens is 453 g/mol. The van der Waals surface area contributed by atoms with Gasteiger partial charge in [-0.25, -0.2) is 4.98 Å². The van der Waals surface area contributed by atoms with Crippen molar-refractivity contribution in [3.63, 3.8) is 0 Å². The number of benzene rings is 4. The van der Waals surface area contributed by atoms with Crippen LogP contribution in [0.2, 0.25) is 10.0 Å². The minimum atomic E-state index is 0.160. The van der Waals surface area contributed by atoms with Gasteiger partial charge in [0.2, 0.25) is 0 Å². The predicted octanol–water partition coefficient (Wildman–Crippen LogP) is 7.58. The van der Waals surface area contributed by atoms with Gasteiger partial charge in [0.25, 0.3) is 0 Å². The minimum absolute atomic E-state index is 0.160. The third-order valence-electron chi connectivity index (χ3n) is 5.39. The van der Waals surface area contributed by atoms with Gasteiger partial charge in [-0.05, 0) is 66.1 Å². The van der Waals surface area contributed by atoms with E-state index in [1.54, 1.807) is 18.3 Å². The second-order valence-corrected chi connectivity index (χ2v) is 8.50. The average molecular weight is 472 g/mol. The first-order valence-electron chi connectivity index (χ1n) is 10.4. The number of hydrogen-bond acceptors (Lipinski definition) is 3. The Bertz CT molecular complexity index is 1460. The van der Waals surface area contributed by atoms with Crippen LogP contribution < -0.4 is 0 Å². The number of halogens is 2. The summed E-state index contributed by atoms with van der Waals surface area (Å²) in [6, 6.07) is 26.5. The van der Waals surface area contributed by atoms with Crippen molar-refractivity contribution in [2.45, 2.75) is 6.42 Å². The molecule has 0 aliphatic heterocycles. The Kier molecular flexibility index (Phi) is 5.86. The summed E-state index contributed by atoms with van der Waals surface area (Å²) >= 11 is 12.7. The summed E-state index contributed by atoms with van der Waals surface area (Å²) < 4.78 is 0. The van der Waals surface area contributed by atoms with Gasteiger partial charge in [-0.15, -0.1) is 0 Å². The Balaban J connectivity index is 1.43. The Labute approximate surface area is 201 Å². The summed E-state index contributed by atoms with van der Waals surface area (Å²) in [6.07, 6.45) is 2.31. The smallest absolute Gasteiger partial charge is 0.140 e. The standard InChI is InChI=1S/C27H19Cl2N3O/c28-22-6-2-1-5-18(22)13-17-9-12-26(33)19(14-17)16-30-20-10-11-23(29)21(15-20)27-31-24-7-3-4-8-25(24)32-27/h1-12,14-16,33H,13H2,(H,31,32). The fourth-order valence-electron chi connectivity index (χ4n) is 3.68. The van der Waals surface area contributed by atoms with Crippen LogP contribution in [0.4, 0.5) is 5.69 Å². The van der Waals surface area contributed by atoms with Crippen molar-refractivity contribution in [1.82, 2.24) is 9.97 Å². The Morgan fingerprint density at radius 3 is 2.55 bits per heavy atom. The second-order valence-electron chi connectivity index (χ2n) is 7.69. The Hall–Kier alpha value is -3.60. The molecule has 0 aliphatic carbocycles. The Morgan fingerprint density at radius 1 is 0.879 bits per heavy atom. The number of aromatic hydroxyl groups is 1. The van der Waals surface area contributed by atoms with Gasteiger partial charge in [0, 0.05) is 22.4 Å². The topological polar surface area (TPSA) is 61.3 Å². The summed E-state index contributed by atoms with van der Waals surface area (Å²) in [7, 11) is 0. The number of nitrogens with one attached hydrogen (secondary N) is 1. The highest BCUT2D eigenvalue weighted by atomic mass is 35.5. The third-order valence-corrected chi connectivity index (χ3v) is 6.09. The second kappa shape index (κ2) is 9.10. The molecule has 4 aromatic carbocycles. The molecule has 1 aromatic heterocycles. The van der Waals surface area contributed by atoms with Crippen molar-refractivity contribution in [1.29, 1.82) is 0 Å². The molecule has 0 unspecified atom stereocenters. The van der Waals surface area contributed by atoms with Gasteiger partial charge < -0.3 is 10.1 Å². The van der Waals surface area contributed by atoms with E-state index in [1.807, 2.05) is 72.8 Å². The minimum Gasteiger partial charge on any atom is -0.507 e. The fraction of sp³-hybridized carbons (Fsp3) is 0.0370. The number of nitrogens with zero attached hydrogens (tertiary/aromatic N) is 2. The summed E-state index contributed by atoms with van der Waals surface area (Å²) in [4.78, 5) is 12.5. The Morgan fingerprint density at radius 2 is 1.70 bits per heavy atom.